The van der Waals surface area contributed by atoms with Crippen LogP contribution in [0.25, 0.3) is 0 Å². The molecule has 154 valence electrons. The molecule has 1 amide bonds. The second kappa shape index (κ2) is 8.26. The standard InChI is InChI=1S/C21H25N3O5/c1-26-16-4-5-17(18(13-16)27-2)23-20(25)15-3-6-19(22-14-15)24-9-7-21(8-10-24)28-11-12-29-21/h3-6,13-14H,7-12H2,1-2H3,(H,23,25). The Hall–Kier alpha value is -2.84. The van der Waals surface area contributed by atoms with Crippen molar-refractivity contribution in [3.05, 3.63) is 42.1 Å². The van der Waals surface area contributed by atoms with Crippen molar-refractivity contribution in [3.8, 4) is 11.5 Å². The number of amides is 1. The Balaban J connectivity index is 1.40. The molecule has 0 aliphatic carbocycles. The van der Waals surface area contributed by atoms with E-state index in [4.69, 9.17) is 18.9 Å². The van der Waals surface area contributed by atoms with Crippen LogP contribution in [-0.2, 0) is 9.47 Å². The van der Waals surface area contributed by atoms with Crippen LogP contribution in [0.1, 0.15) is 23.2 Å². The molecule has 1 aromatic heterocycles. The summed E-state index contributed by atoms with van der Waals surface area (Å²) in [6, 6.07) is 8.88. The van der Waals surface area contributed by atoms with Crippen molar-refractivity contribution in [1.29, 1.82) is 0 Å². The average Bonchev–Trinajstić information content (AvgIpc) is 3.22. The highest BCUT2D eigenvalue weighted by atomic mass is 16.7. The van der Waals surface area contributed by atoms with E-state index in [0.29, 0.717) is 36.0 Å². The summed E-state index contributed by atoms with van der Waals surface area (Å²) in [4.78, 5) is 19.3. The third-order valence-electron chi connectivity index (χ3n) is 5.33. The highest BCUT2D eigenvalue weighted by Gasteiger charge is 2.40. The largest absolute Gasteiger partial charge is 0.497 e. The average molecular weight is 399 g/mol. The van der Waals surface area contributed by atoms with Gasteiger partial charge in [-0.25, -0.2) is 4.98 Å². The number of hydrogen-bond acceptors (Lipinski definition) is 7. The van der Waals surface area contributed by atoms with Crippen molar-refractivity contribution in [2.45, 2.75) is 18.6 Å². The maximum Gasteiger partial charge on any atom is 0.257 e. The number of methoxy groups -OCH3 is 2. The number of ether oxygens (including phenoxy) is 4. The number of carbonyl (C=O) groups excluding carboxylic acids is 1. The van der Waals surface area contributed by atoms with Gasteiger partial charge in [-0.2, -0.15) is 0 Å². The van der Waals surface area contributed by atoms with Gasteiger partial charge in [-0.1, -0.05) is 0 Å². The summed E-state index contributed by atoms with van der Waals surface area (Å²) < 4.78 is 22.0. The lowest BCUT2D eigenvalue weighted by Crippen LogP contribution is -2.45. The fourth-order valence-electron chi connectivity index (χ4n) is 3.67. The van der Waals surface area contributed by atoms with E-state index in [2.05, 4.69) is 15.2 Å². The number of nitrogens with one attached hydrogen (secondary N) is 1. The lowest BCUT2D eigenvalue weighted by molar-refractivity contribution is -0.169. The van der Waals surface area contributed by atoms with Crippen LogP contribution in [0, 0.1) is 0 Å². The fraction of sp³-hybridized carbons (Fsp3) is 0.429. The third kappa shape index (κ3) is 4.13. The first-order valence-corrected chi connectivity index (χ1v) is 9.65. The van der Waals surface area contributed by atoms with Gasteiger partial charge in [0.15, 0.2) is 5.79 Å². The third-order valence-corrected chi connectivity index (χ3v) is 5.33. The lowest BCUT2D eigenvalue weighted by atomic mass is 10.0. The molecule has 8 nitrogen and oxygen atoms in total. The summed E-state index contributed by atoms with van der Waals surface area (Å²) in [5.41, 5.74) is 1.04. The molecular formula is C21H25N3O5. The molecule has 2 aromatic rings. The summed E-state index contributed by atoms with van der Waals surface area (Å²) in [6.45, 7) is 2.95. The molecule has 0 bridgehead atoms. The number of rotatable bonds is 5. The minimum atomic E-state index is -0.409. The number of nitrogens with zero attached hydrogens (tertiary/aromatic N) is 2. The Morgan fingerprint density at radius 1 is 1.10 bits per heavy atom. The quantitative estimate of drug-likeness (QED) is 0.828. The molecule has 0 saturated carbocycles. The van der Waals surface area contributed by atoms with Crippen molar-refractivity contribution in [2.75, 3.05) is 50.7 Å². The zero-order valence-corrected chi connectivity index (χ0v) is 16.6. The van der Waals surface area contributed by atoms with Crippen LogP contribution in [0.15, 0.2) is 36.5 Å². The van der Waals surface area contributed by atoms with Crippen LogP contribution in [0.5, 0.6) is 11.5 Å². The van der Waals surface area contributed by atoms with Gasteiger partial charge in [-0.3, -0.25) is 4.79 Å². The molecule has 2 aliphatic heterocycles. The molecule has 2 aliphatic rings. The number of benzene rings is 1. The van der Waals surface area contributed by atoms with E-state index < -0.39 is 5.79 Å². The summed E-state index contributed by atoms with van der Waals surface area (Å²) >= 11 is 0. The topological polar surface area (TPSA) is 82.2 Å². The number of hydrogen-bond donors (Lipinski definition) is 1. The van der Waals surface area contributed by atoms with Gasteiger partial charge in [0.05, 0.1) is 38.7 Å². The molecule has 1 N–H and O–H groups in total. The van der Waals surface area contributed by atoms with Gasteiger partial charge in [0.2, 0.25) is 0 Å². The second-order valence-corrected chi connectivity index (χ2v) is 7.02. The van der Waals surface area contributed by atoms with Gasteiger partial charge in [-0.05, 0) is 24.3 Å². The molecule has 4 rings (SSSR count). The highest BCUT2D eigenvalue weighted by Crippen LogP contribution is 2.33. The van der Waals surface area contributed by atoms with Crippen molar-refractivity contribution in [2.24, 2.45) is 0 Å². The number of carbonyl (C=O) groups is 1. The van der Waals surface area contributed by atoms with Crippen molar-refractivity contribution >= 4 is 17.4 Å². The van der Waals surface area contributed by atoms with E-state index in [-0.39, 0.29) is 5.91 Å². The zero-order valence-electron chi connectivity index (χ0n) is 16.6. The van der Waals surface area contributed by atoms with E-state index >= 15 is 0 Å². The molecule has 0 radical (unpaired) electrons. The van der Waals surface area contributed by atoms with E-state index in [0.717, 1.165) is 31.7 Å². The Bertz CT molecular complexity index is 855. The van der Waals surface area contributed by atoms with Crippen molar-refractivity contribution in [3.63, 3.8) is 0 Å². The van der Waals surface area contributed by atoms with Gasteiger partial charge in [-0.15, -0.1) is 0 Å². The van der Waals surface area contributed by atoms with Gasteiger partial charge in [0.25, 0.3) is 5.91 Å². The lowest BCUT2D eigenvalue weighted by Gasteiger charge is -2.38. The predicted octanol–water partition coefficient (Wildman–Crippen LogP) is 2.69. The van der Waals surface area contributed by atoms with Crippen molar-refractivity contribution < 1.29 is 23.7 Å². The minimum absolute atomic E-state index is 0.252. The smallest absolute Gasteiger partial charge is 0.257 e. The van der Waals surface area contributed by atoms with Gasteiger partial charge in [0, 0.05) is 38.2 Å². The summed E-state index contributed by atoms with van der Waals surface area (Å²) in [5.74, 6) is 1.37. The van der Waals surface area contributed by atoms with Gasteiger partial charge >= 0.3 is 0 Å². The van der Waals surface area contributed by atoms with Crippen LogP contribution in [-0.4, -0.2) is 57.2 Å². The van der Waals surface area contributed by atoms with Crippen molar-refractivity contribution in [1.82, 2.24) is 4.98 Å². The van der Waals surface area contributed by atoms with Crippen LogP contribution < -0.4 is 19.7 Å². The molecule has 29 heavy (non-hydrogen) atoms. The minimum Gasteiger partial charge on any atom is -0.497 e. The Morgan fingerprint density at radius 3 is 2.48 bits per heavy atom. The fourth-order valence-corrected chi connectivity index (χ4v) is 3.67. The zero-order chi connectivity index (χ0) is 20.3. The Morgan fingerprint density at radius 2 is 1.86 bits per heavy atom. The van der Waals surface area contributed by atoms with Crippen LogP contribution in [0.4, 0.5) is 11.5 Å². The number of pyridine rings is 1. The summed E-state index contributed by atoms with van der Waals surface area (Å²) in [5, 5.41) is 2.85. The first-order valence-electron chi connectivity index (χ1n) is 9.65. The maximum atomic E-state index is 12.6. The molecule has 2 fully saturated rings. The molecule has 1 spiro atoms. The van der Waals surface area contributed by atoms with Gasteiger partial charge < -0.3 is 29.2 Å². The molecule has 0 atom stereocenters. The molecule has 8 heteroatoms. The maximum absolute atomic E-state index is 12.6. The van der Waals surface area contributed by atoms with E-state index in [9.17, 15) is 4.79 Å². The molecule has 2 saturated heterocycles. The Kier molecular flexibility index (Phi) is 5.55. The second-order valence-electron chi connectivity index (χ2n) is 7.02. The van der Waals surface area contributed by atoms with E-state index in [1.807, 2.05) is 6.07 Å². The normalized spacial score (nSPS) is 17.9. The van der Waals surface area contributed by atoms with E-state index in [1.54, 1.807) is 44.7 Å². The number of piperidine rings is 1. The molecular weight excluding hydrogens is 374 g/mol. The highest BCUT2D eigenvalue weighted by molar-refractivity contribution is 6.05. The molecule has 3 heterocycles. The predicted molar refractivity (Wildman–Crippen MR) is 108 cm³/mol. The SMILES string of the molecule is COc1ccc(NC(=O)c2ccc(N3CCC4(CC3)OCCO4)nc2)c(OC)c1. The van der Waals surface area contributed by atoms with Crippen LogP contribution >= 0.6 is 0 Å². The van der Waals surface area contributed by atoms with Crippen LogP contribution in [0.3, 0.4) is 0 Å². The number of aromatic nitrogens is 1. The molecule has 1 aromatic carbocycles. The number of anilines is 2. The summed E-state index contributed by atoms with van der Waals surface area (Å²) in [7, 11) is 3.13. The monoisotopic (exact) mass is 399 g/mol. The summed E-state index contributed by atoms with van der Waals surface area (Å²) in [6.07, 6.45) is 3.22. The molecule has 0 unspecified atom stereocenters. The first-order chi connectivity index (χ1) is 14.1. The van der Waals surface area contributed by atoms with Crippen LogP contribution in [0.2, 0.25) is 0 Å². The van der Waals surface area contributed by atoms with E-state index in [1.165, 1.54) is 0 Å². The first kappa shape index (κ1) is 19.5. The van der Waals surface area contributed by atoms with Gasteiger partial charge in [0.1, 0.15) is 17.3 Å². The Labute approximate surface area is 169 Å².